The number of anilines is 2. The molecule has 3 heterocycles. The Hall–Kier alpha value is -3.43. The van der Waals surface area contributed by atoms with Gasteiger partial charge >= 0.3 is 0 Å². The average Bonchev–Trinajstić information content (AvgIpc) is 3.40. The molecule has 9 heteroatoms. The van der Waals surface area contributed by atoms with Gasteiger partial charge in [0.15, 0.2) is 5.13 Å². The predicted octanol–water partition coefficient (Wildman–Crippen LogP) is 4.95. The zero-order chi connectivity index (χ0) is 22.9. The van der Waals surface area contributed by atoms with Gasteiger partial charge in [-0.05, 0) is 54.6 Å². The molecule has 5 rings (SSSR count). The van der Waals surface area contributed by atoms with E-state index in [1.807, 2.05) is 36.4 Å². The van der Waals surface area contributed by atoms with Crippen LogP contribution >= 0.6 is 27.3 Å². The molecular formula is C24H17BrN4O3S. The van der Waals surface area contributed by atoms with Gasteiger partial charge in [-0.2, -0.15) is 0 Å². The quantitative estimate of drug-likeness (QED) is 0.347. The number of pyridine rings is 1. The summed E-state index contributed by atoms with van der Waals surface area (Å²) in [4.78, 5) is 49.4. The van der Waals surface area contributed by atoms with Gasteiger partial charge in [0, 0.05) is 29.1 Å². The third-order valence-electron chi connectivity index (χ3n) is 5.29. The highest BCUT2D eigenvalue weighted by molar-refractivity contribution is 9.10. The van der Waals surface area contributed by atoms with Crippen molar-refractivity contribution in [3.63, 3.8) is 0 Å². The highest BCUT2D eigenvalue weighted by Gasteiger charge is 2.30. The van der Waals surface area contributed by atoms with Crippen LogP contribution in [0.4, 0.5) is 10.8 Å². The standard InChI is InChI=1S/C24H17BrN4O3S/c25-16-6-9-19-20(13-16)33-24(27-19)28(14-17-3-1-2-12-26-17)23(32)15-4-7-18(8-5-15)29-21(30)10-11-22(29)31/h1-9,12-13H,10-11,14H2. The van der Waals surface area contributed by atoms with Crippen molar-refractivity contribution >= 4 is 66.0 Å². The normalized spacial score (nSPS) is 13.7. The first-order valence-corrected chi connectivity index (χ1v) is 11.8. The van der Waals surface area contributed by atoms with E-state index in [0.717, 1.165) is 20.4 Å². The molecule has 164 valence electrons. The lowest BCUT2D eigenvalue weighted by Gasteiger charge is -2.20. The second kappa shape index (κ2) is 8.84. The van der Waals surface area contributed by atoms with E-state index in [0.29, 0.717) is 16.4 Å². The van der Waals surface area contributed by atoms with E-state index in [2.05, 4.69) is 25.9 Å². The number of carbonyl (C=O) groups is 3. The highest BCUT2D eigenvalue weighted by Crippen LogP contribution is 2.33. The highest BCUT2D eigenvalue weighted by atomic mass is 79.9. The summed E-state index contributed by atoms with van der Waals surface area (Å²) >= 11 is 4.90. The van der Waals surface area contributed by atoms with Gasteiger partial charge < -0.3 is 0 Å². The molecule has 0 saturated carbocycles. The minimum absolute atomic E-state index is 0.213. The molecule has 0 unspecified atom stereocenters. The number of carbonyl (C=O) groups excluding carboxylic acids is 3. The van der Waals surface area contributed by atoms with Gasteiger partial charge in [-0.1, -0.05) is 33.3 Å². The smallest absolute Gasteiger partial charge is 0.260 e. The van der Waals surface area contributed by atoms with Gasteiger partial charge in [0.05, 0.1) is 28.1 Å². The van der Waals surface area contributed by atoms with Crippen LogP contribution in [0, 0.1) is 0 Å². The Morgan fingerprint density at radius 3 is 2.48 bits per heavy atom. The molecule has 0 spiro atoms. The molecule has 0 aliphatic carbocycles. The minimum Gasteiger partial charge on any atom is -0.278 e. The van der Waals surface area contributed by atoms with Crippen LogP contribution in [-0.4, -0.2) is 27.7 Å². The van der Waals surface area contributed by atoms with Crippen molar-refractivity contribution in [2.75, 3.05) is 9.80 Å². The number of halogens is 1. The summed E-state index contributed by atoms with van der Waals surface area (Å²) in [5.74, 6) is -0.697. The Kier molecular flexibility index (Phi) is 5.74. The van der Waals surface area contributed by atoms with Gasteiger partial charge in [-0.3, -0.25) is 29.2 Å². The number of hydrogen-bond acceptors (Lipinski definition) is 6. The number of aromatic nitrogens is 2. The van der Waals surface area contributed by atoms with E-state index in [-0.39, 0.29) is 37.1 Å². The van der Waals surface area contributed by atoms with Gasteiger partial charge in [0.2, 0.25) is 11.8 Å². The second-order valence-electron chi connectivity index (χ2n) is 7.49. The Bertz CT molecular complexity index is 1360. The van der Waals surface area contributed by atoms with Crippen molar-refractivity contribution < 1.29 is 14.4 Å². The molecule has 1 saturated heterocycles. The molecule has 2 aromatic carbocycles. The summed E-state index contributed by atoms with van der Waals surface area (Å²) in [5, 5.41) is 0.563. The van der Waals surface area contributed by atoms with E-state index in [1.54, 1.807) is 35.4 Å². The largest absolute Gasteiger partial charge is 0.278 e. The topological polar surface area (TPSA) is 83.5 Å². The van der Waals surface area contributed by atoms with Crippen molar-refractivity contribution in [3.8, 4) is 0 Å². The van der Waals surface area contributed by atoms with Crippen LogP contribution in [0.3, 0.4) is 0 Å². The van der Waals surface area contributed by atoms with Crippen LogP contribution in [0.25, 0.3) is 10.2 Å². The molecule has 4 aromatic rings. The lowest BCUT2D eigenvalue weighted by Crippen LogP contribution is -2.31. The van der Waals surface area contributed by atoms with E-state index in [9.17, 15) is 14.4 Å². The van der Waals surface area contributed by atoms with Crippen LogP contribution in [0.15, 0.2) is 71.3 Å². The first-order valence-electron chi connectivity index (χ1n) is 10.2. The summed E-state index contributed by atoms with van der Waals surface area (Å²) in [6.07, 6.45) is 2.11. The van der Waals surface area contributed by atoms with Crippen molar-refractivity contribution in [1.82, 2.24) is 9.97 Å². The lowest BCUT2D eigenvalue weighted by atomic mass is 10.1. The summed E-state index contributed by atoms with van der Waals surface area (Å²) in [5.41, 5.74) is 2.43. The zero-order valence-electron chi connectivity index (χ0n) is 17.3. The van der Waals surface area contributed by atoms with E-state index >= 15 is 0 Å². The van der Waals surface area contributed by atoms with Crippen molar-refractivity contribution in [3.05, 3.63) is 82.6 Å². The fraction of sp³-hybridized carbons (Fsp3) is 0.125. The average molecular weight is 521 g/mol. The molecule has 0 bridgehead atoms. The summed E-state index contributed by atoms with van der Waals surface area (Å²) in [6.45, 7) is 0.255. The SMILES string of the molecule is O=C(c1ccc(N2C(=O)CCC2=O)cc1)N(Cc1ccccn1)c1nc2ccc(Br)cc2s1. The van der Waals surface area contributed by atoms with Gasteiger partial charge in [0.25, 0.3) is 5.91 Å². The van der Waals surface area contributed by atoms with Crippen LogP contribution in [0.5, 0.6) is 0 Å². The number of thiazole rings is 1. The predicted molar refractivity (Wildman–Crippen MR) is 130 cm³/mol. The molecule has 2 aromatic heterocycles. The molecule has 33 heavy (non-hydrogen) atoms. The van der Waals surface area contributed by atoms with Crippen molar-refractivity contribution in [2.24, 2.45) is 0 Å². The van der Waals surface area contributed by atoms with Gasteiger partial charge in [-0.15, -0.1) is 0 Å². The third kappa shape index (κ3) is 4.29. The Labute approximate surface area is 201 Å². The Morgan fingerprint density at radius 2 is 1.79 bits per heavy atom. The number of rotatable bonds is 5. The lowest BCUT2D eigenvalue weighted by molar-refractivity contribution is -0.121. The minimum atomic E-state index is -0.246. The first-order chi connectivity index (χ1) is 16.0. The second-order valence-corrected chi connectivity index (χ2v) is 9.42. The van der Waals surface area contributed by atoms with Crippen LogP contribution in [0.1, 0.15) is 28.9 Å². The molecule has 0 N–H and O–H groups in total. The van der Waals surface area contributed by atoms with Gasteiger partial charge in [-0.25, -0.2) is 4.98 Å². The Morgan fingerprint density at radius 1 is 1.03 bits per heavy atom. The molecular weight excluding hydrogens is 504 g/mol. The number of nitrogens with zero attached hydrogens (tertiary/aromatic N) is 4. The van der Waals surface area contributed by atoms with Crippen LogP contribution < -0.4 is 9.80 Å². The van der Waals surface area contributed by atoms with Crippen molar-refractivity contribution in [1.29, 1.82) is 0 Å². The fourth-order valence-corrected chi connectivity index (χ4v) is 5.17. The van der Waals surface area contributed by atoms with Crippen LogP contribution in [-0.2, 0) is 16.1 Å². The monoisotopic (exact) mass is 520 g/mol. The zero-order valence-corrected chi connectivity index (χ0v) is 19.7. The molecule has 0 atom stereocenters. The van der Waals surface area contributed by atoms with Crippen molar-refractivity contribution in [2.45, 2.75) is 19.4 Å². The van der Waals surface area contributed by atoms with Gasteiger partial charge in [0.1, 0.15) is 0 Å². The number of imide groups is 1. The van der Waals surface area contributed by atoms with E-state index < -0.39 is 0 Å². The third-order valence-corrected chi connectivity index (χ3v) is 6.82. The maximum absolute atomic E-state index is 13.6. The number of amides is 3. The van der Waals surface area contributed by atoms with Crippen LogP contribution in [0.2, 0.25) is 0 Å². The fourth-order valence-electron chi connectivity index (χ4n) is 3.66. The first kappa shape index (κ1) is 21.4. The van der Waals surface area contributed by atoms with E-state index in [1.165, 1.54) is 16.2 Å². The molecule has 1 aliphatic rings. The maximum Gasteiger partial charge on any atom is 0.260 e. The Balaban J connectivity index is 1.49. The maximum atomic E-state index is 13.6. The molecule has 7 nitrogen and oxygen atoms in total. The number of fused-ring (bicyclic) bond motifs is 1. The number of benzene rings is 2. The molecule has 1 fully saturated rings. The summed E-state index contributed by atoms with van der Waals surface area (Å²) < 4.78 is 1.90. The molecule has 3 amide bonds. The summed E-state index contributed by atoms with van der Waals surface area (Å²) in [7, 11) is 0. The number of hydrogen-bond donors (Lipinski definition) is 0. The summed E-state index contributed by atoms with van der Waals surface area (Å²) in [6, 6.07) is 17.9. The molecule has 1 aliphatic heterocycles. The molecule has 0 radical (unpaired) electrons. The van der Waals surface area contributed by atoms with E-state index in [4.69, 9.17) is 0 Å².